The van der Waals surface area contributed by atoms with Crippen molar-refractivity contribution in [2.75, 3.05) is 31.1 Å². The molecule has 0 spiro atoms. The smallest absolute Gasteiger partial charge is 0.350 e. The topological polar surface area (TPSA) is 50.2 Å². The summed E-state index contributed by atoms with van der Waals surface area (Å²) < 4.78 is 56.1. The summed E-state index contributed by atoms with van der Waals surface area (Å²) in [6.45, 7) is 2.12. The molecule has 0 radical (unpaired) electrons. The molecule has 10 heteroatoms. The zero-order chi connectivity index (χ0) is 22.1. The zero-order valence-corrected chi connectivity index (χ0v) is 17.7. The number of para-hydroxylation sites is 1. The third-order valence-electron chi connectivity index (χ3n) is 6.16. The number of hydrogen-bond donors (Lipinski definition) is 1. The minimum absolute atomic E-state index is 0.212. The van der Waals surface area contributed by atoms with Gasteiger partial charge in [0.15, 0.2) is 5.69 Å². The second kappa shape index (κ2) is 8.82. The van der Waals surface area contributed by atoms with Gasteiger partial charge in [-0.25, -0.2) is 9.07 Å². The van der Waals surface area contributed by atoms with Crippen molar-refractivity contribution in [1.29, 1.82) is 0 Å². The average Bonchev–Trinajstić information content (AvgIpc) is 3.41. The molecule has 4 rings (SSSR count). The van der Waals surface area contributed by atoms with Crippen molar-refractivity contribution >= 4 is 17.7 Å². The van der Waals surface area contributed by atoms with Gasteiger partial charge < -0.3 is 5.32 Å². The Morgan fingerprint density at radius 2 is 1.84 bits per heavy atom. The predicted octanol–water partition coefficient (Wildman–Crippen LogP) is 4.12. The Bertz CT molecular complexity index is 934. The molecule has 1 aliphatic carbocycles. The number of alkyl halides is 3. The maximum atomic E-state index is 14.1. The Labute approximate surface area is 182 Å². The SMILES string of the molecule is O=C(NCC1(N2CCSCC2)CCCC1)c1cnn(-c2ccccc2F)c1C(F)(F)F. The number of carbonyl (C=O) groups is 1. The minimum atomic E-state index is -4.87. The molecule has 0 atom stereocenters. The number of nitrogens with one attached hydrogen (secondary N) is 1. The van der Waals surface area contributed by atoms with Crippen LogP contribution in [-0.4, -0.2) is 57.3 Å². The molecule has 1 amide bonds. The van der Waals surface area contributed by atoms with E-state index in [-0.39, 0.29) is 11.2 Å². The Morgan fingerprint density at radius 1 is 1.16 bits per heavy atom. The lowest BCUT2D eigenvalue weighted by atomic mass is 9.94. The molecule has 5 nitrogen and oxygen atoms in total. The molecule has 0 unspecified atom stereocenters. The Hall–Kier alpha value is -2.07. The van der Waals surface area contributed by atoms with E-state index in [9.17, 15) is 22.4 Å². The van der Waals surface area contributed by atoms with E-state index in [0.717, 1.165) is 62.5 Å². The first-order valence-electron chi connectivity index (χ1n) is 10.3. The summed E-state index contributed by atoms with van der Waals surface area (Å²) in [6, 6.07) is 5.04. The van der Waals surface area contributed by atoms with Crippen LogP contribution in [0.4, 0.5) is 17.6 Å². The van der Waals surface area contributed by atoms with Crippen molar-refractivity contribution < 1.29 is 22.4 Å². The zero-order valence-electron chi connectivity index (χ0n) is 16.9. The van der Waals surface area contributed by atoms with Crippen molar-refractivity contribution in [2.24, 2.45) is 0 Å². The molecule has 1 saturated heterocycles. The summed E-state index contributed by atoms with van der Waals surface area (Å²) in [5, 5.41) is 6.44. The highest BCUT2D eigenvalue weighted by Gasteiger charge is 2.43. The fraction of sp³-hybridized carbons (Fsp3) is 0.524. The Morgan fingerprint density at radius 3 is 2.48 bits per heavy atom. The largest absolute Gasteiger partial charge is 0.434 e. The van der Waals surface area contributed by atoms with Crippen molar-refractivity contribution in [3.8, 4) is 5.69 Å². The number of carbonyl (C=O) groups excluding carboxylic acids is 1. The molecule has 1 aromatic heterocycles. The molecule has 1 aliphatic heterocycles. The molecule has 1 aromatic carbocycles. The summed E-state index contributed by atoms with van der Waals surface area (Å²) in [4.78, 5) is 15.2. The van der Waals surface area contributed by atoms with Crippen LogP contribution in [0.15, 0.2) is 30.5 Å². The number of benzene rings is 1. The van der Waals surface area contributed by atoms with E-state index < -0.39 is 29.2 Å². The molecular weight excluding hydrogens is 432 g/mol. The van der Waals surface area contributed by atoms with Crippen molar-refractivity contribution in [2.45, 2.75) is 37.4 Å². The van der Waals surface area contributed by atoms with Crippen molar-refractivity contribution in [1.82, 2.24) is 20.0 Å². The molecule has 1 N–H and O–H groups in total. The predicted molar refractivity (Wildman–Crippen MR) is 111 cm³/mol. The van der Waals surface area contributed by atoms with Crippen LogP contribution in [-0.2, 0) is 6.18 Å². The molecule has 2 aliphatic rings. The van der Waals surface area contributed by atoms with E-state index in [2.05, 4.69) is 15.3 Å². The third-order valence-corrected chi connectivity index (χ3v) is 7.10. The van der Waals surface area contributed by atoms with E-state index in [4.69, 9.17) is 0 Å². The van der Waals surface area contributed by atoms with Gasteiger partial charge in [0.2, 0.25) is 0 Å². The quantitative estimate of drug-likeness (QED) is 0.688. The van der Waals surface area contributed by atoms with Crippen molar-refractivity contribution in [3.05, 3.63) is 47.5 Å². The highest BCUT2D eigenvalue weighted by Crippen LogP contribution is 2.37. The van der Waals surface area contributed by atoms with E-state index in [1.54, 1.807) is 0 Å². The van der Waals surface area contributed by atoms with Crippen LogP contribution in [0, 0.1) is 5.82 Å². The molecule has 2 heterocycles. The van der Waals surface area contributed by atoms with Gasteiger partial charge in [-0.05, 0) is 25.0 Å². The fourth-order valence-electron chi connectivity index (χ4n) is 4.61. The van der Waals surface area contributed by atoms with Crippen LogP contribution < -0.4 is 5.32 Å². The Kier molecular flexibility index (Phi) is 6.30. The van der Waals surface area contributed by atoms with Gasteiger partial charge >= 0.3 is 6.18 Å². The van der Waals surface area contributed by atoms with E-state index in [1.807, 2.05) is 11.8 Å². The van der Waals surface area contributed by atoms with Crippen LogP contribution in [0.5, 0.6) is 0 Å². The molecule has 2 fully saturated rings. The lowest BCUT2D eigenvalue weighted by molar-refractivity contribution is -0.143. The van der Waals surface area contributed by atoms with Gasteiger partial charge in [-0.3, -0.25) is 9.69 Å². The standard InChI is InChI=1S/C21H24F4N4OS/c22-16-5-1-2-6-17(16)29-18(21(23,24)25)15(13-27-29)19(30)26-14-20(7-3-4-8-20)28-9-11-31-12-10-28/h1-2,5-6,13H,3-4,7-12,14H2,(H,26,30). The normalized spacial score (nSPS) is 19.5. The number of aromatic nitrogens is 2. The number of amides is 1. The number of nitrogens with zero attached hydrogens (tertiary/aromatic N) is 3. The third kappa shape index (κ3) is 4.45. The summed E-state index contributed by atoms with van der Waals surface area (Å²) in [5.74, 6) is 0.343. The van der Waals surface area contributed by atoms with Gasteiger partial charge in [0.25, 0.3) is 5.91 Å². The van der Waals surface area contributed by atoms with Crippen LogP contribution in [0.3, 0.4) is 0 Å². The summed E-state index contributed by atoms with van der Waals surface area (Å²) in [7, 11) is 0. The molecule has 168 valence electrons. The summed E-state index contributed by atoms with van der Waals surface area (Å²) in [6.07, 6.45) is -0.0990. The van der Waals surface area contributed by atoms with Crippen molar-refractivity contribution in [3.63, 3.8) is 0 Å². The van der Waals surface area contributed by atoms with Gasteiger partial charge in [0, 0.05) is 36.7 Å². The fourth-order valence-corrected chi connectivity index (χ4v) is 5.51. The molecule has 0 bridgehead atoms. The first kappa shape index (κ1) is 22.1. The monoisotopic (exact) mass is 456 g/mol. The maximum absolute atomic E-state index is 14.1. The molecule has 1 saturated carbocycles. The van der Waals surface area contributed by atoms with E-state index in [1.165, 1.54) is 18.2 Å². The number of rotatable bonds is 5. The van der Waals surface area contributed by atoms with E-state index >= 15 is 0 Å². The van der Waals surface area contributed by atoms with Crippen LogP contribution in [0.1, 0.15) is 41.7 Å². The number of halogens is 4. The number of hydrogen-bond acceptors (Lipinski definition) is 4. The van der Waals surface area contributed by atoms with Gasteiger partial charge in [-0.2, -0.15) is 30.0 Å². The average molecular weight is 457 g/mol. The maximum Gasteiger partial charge on any atom is 0.434 e. The van der Waals surface area contributed by atoms with Crippen LogP contribution >= 0.6 is 11.8 Å². The lowest BCUT2D eigenvalue weighted by Gasteiger charge is -2.43. The number of thioether (sulfide) groups is 1. The first-order chi connectivity index (χ1) is 14.8. The van der Waals surface area contributed by atoms with Crippen LogP contribution in [0.25, 0.3) is 5.69 Å². The van der Waals surface area contributed by atoms with Crippen LogP contribution in [0.2, 0.25) is 0 Å². The van der Waals surface area contributed by atoms with Gasteiger partial charge in [0.05, 0.1) is 11.8 Å². The van der Waals surface area contributed by atoms with E-state index in [0.29, 0.717) is 11.2 Å². The second-order valence-electron chi connectivity index (χ2n) is 7.98. The summed E-state index contributed by atoms with van der Waals surface area (Å²) in [5.41, 5.74) is -2.44. The first-order valence-corrected chi connectivity index (χ1v) is 11.5. The molecular formula is C21H24F4N4OS. The highest BCUT2D eigenvalue weighted by molar-refractivity contribution is 7.99. The minimum Gasteiger partial charge on any atom is -0.350 e. The highest BCUT2D eigenvalue weighted by atomic mass is 32.2. The molecule has 2 aromatic rings. The lowest BCUT2D eigenvalue weighted by Crippen LogP contribution is -2.56. The molecule has 31 heavy (non-hydrogen) atoms. The Balaban J connectivity index is 1.59. The summed E-state index contributed by atoms with van der Waals surface area (Å²) >= 11 is 1.89. The van der Waals surface area contributed by atoms with Gasteiger partial charge in [0.1, 0.15) is 11.5 Å². The van der Waals surface area contributed by atoms with Gasteiger partial charge in [-0.1, -0.05) is 25.0 Å². The second-order valence-corrected chi connectivity index (χ2v) is 9.21. The van der Waals surface area contributed by atoms with Gasteiger partial charge in [-0.15, -0.1) is 0 Å².